The normalized spacial score (nSPS) is 15.0. The Hall–Kier alpha value is -0.0800. The predicted molar refractivity (Wildman–Crippen MR) is 87.6 cm³/mol. The number of hydrogen-bond donors (Lipinski definition) is 1. The minimum Gasteiger partial charge on any atom is -0.311 e. The average Bonchev–Trinajstić information content (AvgIpc) is 2.12. The van der Waals surface area contributed by atoms with E-state index in [1.807, 2.05) is 0 Å². The summed E-state index contributed by atoms with van der Waals surface area (Å²) in [4.78, 5) is 2.69. The van der Waals surface area contributed by atoms with Crippen molar-refractivity contribution in [1.82, 2.24) is 10.2 Å². The van der Waals surface area contributed by atoms with Gasteiger partial charge in [-0.05, 0) is 38.5 Å². The number of nitrogens with one attached hydrogen (secondary N) is 1. The van der Waals surface area contributed by atoms with Crippen LogP contribution in [0.3, 0.4) is 0 Å². The van der Waals surface area contributed by atoms with Gasteiger partial charge in [0.2, 0.25) is 0 Å². The van der Waals surface area contributed by atoms with Crippen molar-refractivity contribution in [1.29, 1.82) is 0 Å². The topological polar surface area (TPSA) is 15.3 Å². The summed E-state index contributed by atoms with van der Waals surface area (Å²) in [6.07, 6.45) is 0. The Kier molecular flexibility index (Phi) is 8.23. The quantitative estimate of drug-likeness (QED) is 0.717. The largest absolute Gasteiger partial charge is 0.311 e. The van der Waals surface area contributed by atoms with Crippen LogP contribution in [0.4, 0.5) is 0 Å². The molecule has 19 heavy (non-hydrogen) atoms. The molecule has 0 spiro atoms. The zero-order valence-corrected chi connectivity index (χ0v) is 14.9. The summed E-state index contributed by atoms with van der Waals surface area (Å²) < 4.78 is 0. The minimum atomic E-state index is 0.203. The summed E-state index contributed by atoms with van der Waals surface area (Å²) >= 11 is 0. The molecule has 0 rings (SSSR count). The third-order valence-corrected chi connectivity index (χ3v) is 3.28. The van der Waals surface area contributed by atoms with Crippen molar-refractivity contribution >= 4 is 0 Å². The molecule has 1 N–H and O–H groups in total. The molecule has 0 bridgehead atoms. The van der Waals surface area contributed by atoms with Gasteiger partial charge in [-0.1, -0.05) is 41.5 Å². The molecular formula is C17H38N2. The van der Waals surface area contributed by atoms with E-state index in [0.717, 1.165) is 18.4 Å². The molecule has 0 aliphatic carbocycles. The Morgan fingerprint density at radius 2 is 1.26 bits per heavy atom. The zero-order chi connectivity index (χ0) is 15.2. The molecule has 0 aliphatic rings. The first-order valence-corrected chi connectivity index (χ1v) is 8.02. The van der Waals surface area contributed by atoms with Gasteiger partial charge in [-0.25, -0.2) is 0 Å². The van der Waals surface area contributed by atoms with E-state index in [0.29, 0.717) is 12.0 Å². The smallest absolute Gasteiger partial charge is 0.0244 e. The Balaban J connectivity index is 4.74. The number of rotatable bonds is 8. The van der Waals surface area contributed by atoms with Crippen LogP contribution >= 0.6 is 0 Å². The molecule has 0 aliphatic heterocycles. The zero-order valence-electron chi connectivity index (χ0n) is 14.9. The van der Waals surface area contributed by atoms with E-state index < -0.39 is 0 Å². The predicted octanol–water partition coefficient (Wildman–Crippen LogP) is 4.01. The van der Waals surface area contributed by atoms with Gasteiger partial charge >= 0.3 is 0 Å². The number of nitrogens with zero attached hydrogens (tertiary/aromatic N) is 1. The molecule has 1 atom stereocenters. The lowest BCUT2D eigenvalue weighted by molar-refractivity contribution is 0.115. The van der Waals surface area contributed by atoms with E-state index in [9.17, 15) is 0 Å². The highest BCUT2D eigenvalue weighted by atomic mass is 15.2. The van der Waals surface area contributed by atoms with Crippen LogP contribution < -0.4 is 5.32 Å². The molecule has 0 saturated heterocycles. The number of hydrogen-bond acceptors (Lipinski definition) is 2. The second kappa shape index (κ2) is 8.26. The van der Waals surface area contributed by atoms with Gasteiger partial charge in [0, 0.05) is 31.2 Å². The fraction of sp³-hybridized carbons (Fsp3) is 1.00. The van der Waals surface area contributed by atoms with Gasteiger partial charge < -0.3 is 5.32 Å². The molecule has 0 amide bonds. The molecule has 0 fully saturated rings. The standard InChI is InChI=1S/C17H38N2/c1-13(2)11-19(12-14(3)4)16(15(5)6)10-18-17(7,8)9/h13-16,18H,10-12H2,1-9H3. The highest BCUT2D eigenvalue weighted by Crippen LogP contribution is 2.16. The van der Waals surface area contributed by atoms with Crippen molar-refractivity contribution in [2.24, 2.45) is 17.8 Å². The fourth-order valence-electron chi connectivity index (χ4n) is 2.48. The van der Waals surface area contributed by atoms with Crippen LogP contribution in [0, 0.1) is 17.8 Å². The summed E-state index contributed by atoms with van der Waals surface area (Å²) in [5.41, 5.74) is 0.203. The minimum absolute atomic E-state index is 0.203. The molecule has 0 aromatic rings. The Bertz CT molecular complexity index is 216. The van der Waals surface area contributed by atoms with Crippen molar-refractivity contribution in [2.75, 3.05) is 19.6 Å². The van der Waals surface area contributed by atoms with Crippen molar-refractivity contribution in [3.05, 3.63) is 0 Å². The second-order valence-electron chi connectivity index (χ2n) is 8.18. The summed E-state index contributed by atoms with van der Waals surface area (Å²) in [7, 11) is 0. The van der Waals surface area contributed by atoms with Crippen molar-refractivity contribution < 1.29 is 0 Å². The van der Waals surface area contributed by atoms with Gasteiger partial charge in [0.15, 0.2) is 0 Å². The first kappa shape index (κ1) is 18.9. The highest BCUT2D eigenvalue weighted by Gasteiger charge is 2.24. The Morgan fingerprint density at radius 3 is 1.53 bits per heavy atom. The van der Waals surface area contributed by atoms with Gasteiger partial charge in [0.1, 0.15) is 0 Å². The fourth-order valence-corrected chi connectivity index (χ4v) is 2.48. The van der Waals surface area contributed by atoms with Crippen LogP contribution in [-0.4, -0.2) is 36.1 Å². The molecule has 0 heterocycles. The lowest BCUT2D eigenvalue weighted by Gasteiger charge is -2.38. The summed E-state index contributed by atoms with van der Waals surface area (Å²) in [5.74, 6) is 2.15. The Morgan fingerprint density at radius 1 is 0.842 bits per heavy atom. The molecule has 116 valence electrons. The van der Waals surface area contributed by atoms with Crippen molar-refractivity contribution in [3.63, 3.8) is 0 Å². The van der Waals surface area contributed by atoms with E-state index >= 15 is 0 Å². The third kappa shape index (κ3) is 9.45. The second-order valence-corrected chi connectivity index (χ2v) is 8.18. The average molecular weight is 271 g/mol. The summed E-state index contributed by atoms with van der Waals surface area (Å²) in [6.45, 7) is 24.2. The lowest BCUT2D eigenvalue weighted by Crippen LogP contribution is -2.51. The maximum atomic E-state index is 3.69. The SMILES string of the molecule is CC(C)CN(CC(C)C)C(CNC(C)(C)C)C(C)C. The molecule has 0 saturated carbocycles. The van der Waals surface area contributed by atoms with Gasteiger partial charge in [-0.15, -0.1) is 0 Å². The van der Waals surface area contributed by atoms with Crippen LogP contribution in [0.1, 0.15) is 62.3 Å². The van der Waals surface area contributed by atoms with Crippen molar-refractivity contribution in [3.8, 4) is 0 Å². The van der Waals surface area contributed by atoms with E-state index in [2.05, 4.69) is 72.5 Å². The van der Waals surface area contributed by atoms with Crippen LogP contribution in [0.2, 0.25) is 0 Å². The highest BCUT2D eigenvalue weighted by molar-refractivity contribution is 4.82. The third-order valence-electron chi connectivity index (χ3n) is 3.28. The van der Waals surface area contributed by atoms with Crippen LogP contribution in [0.25, 0.3) is 0 Å². The molecule has 0 aromatic heterocycles. The van der Waals surface area contributed by atoms with Crippen LogP contribution in [0.5, 0.6) is 0 Å². The van der Waals surface area contributed by atoms with Gasteiger partial charge in [-0.2, -0.15) is 0 Å². The van der Waals surface area contributed by atoms with Gasteiger partial charge in [-0.3, -0.25) is 4.90 Å². The van der Waals surface area contributed by atoms with Gasteiger partial charge in [0.25, 0.3) is 0 Å². The van der Waals surface area contributed by atoms with E-state index in [1.54, 1.807) is 0 Å². The lowest BCUT2D eigenvalue weighted by atomic mass is 9.98. The van der Waals surface area contributed by atoms with E-state index in [4.69, 9.17) is 0 Å². The maximum Gasteiger partial charge on any atom is 0.0244 e. The monoisotopic (exact) mass is 270 g/mol. The van der Waals surface area contributed by atoms with Crippen LogP contribution in [0.15, 0.2) is 0 Å². The Labute approximate surface area is 122 Å². The molecular weight excluding hydrogens is 232 g/mol. The maximum absolute atomic E-state index is 3.69. The first-order chi connectivity index (χ1) is 8.53. The summed E-state index contributed by atoms with van der Waals surface area (Å²) in [5, 5.41) is 3.69. The summed E-state index contributed by atoms with van der Waals surface area (Å²) in [6, 6.07) is 0.629. The van der Waals surface area contributed by atoms with E-state index in [1.165, 1.54) is 13.1 Å². The molecule has 2 heteroatoms. The van der Waals surface area contributed by atoms with E-state index in [-0.39, 0.29) is 5.54 Å². The molecule has 1 unspecified atom stereocenters. The van der Waals surface area contributed by atoms with Crippen molar-refractivity contribution in [2.45, 2.75) is 73.9 Å². The molecule has 0 radical (unpaired) electrons. The van der Waals surface area contributed by atoms with Gasteiger partial charge in [0.05, 0.1) is 0 Å². The molecule has 2 nitrogen and oxygen atoms in total. The van der Waals surface area contributed by atoms with Crippen LogP contribution in [-0.2, 0) is 0 Å². The first-order valence-electron chi connectivity index (χ1n) is 8.02. The molecule has 0 aromatic carbocycles.